The third kappa shape index (κ3) is 3.08. The molecule has 1 aromatic heterocycles. The first-order chi connectivity index (χ1) is 12.1. The van der Waals surface area contributed by atoms with E-state index in [2.05, 4.69) is 34.9 Å². The van der Waals surface area contributed by atoms with Crippen LogP contribution in [-0.4, -0.2) is 21.5 Å². The number of nitrogens with one attached hydrogen (secondary N) is 1. The van der Waals surface area contributed by atoms with Gasteiger partial charge in [0.15, 0.2) is 0 Å². The standard InChI is InChI=1S/C20H24ClN3O/c1-3-18(23-20(25)13-4-6-14(21)7-5-13)19-16-10-15(11-17(16)19)24-9-8-22-12(24)2/h4-9,15-19H,3,10-11H2,1-2H3,(H,23,25)/t15-,16-,17+,18?,19+. The van der Waals surface area contributed by atoms with Gasteiger partial charge in [-0.3, -0.25) is 4.79 Å². The van der Waals surface area contributed by atoms with Crippen molar-refractivity contribution in [2.24, 2.45) is 17.8 Å². The Morgan fingerprint density at radius 3 is 2.56 bits per heavy atom. The average Bonchev–Trinajstić information content (AvgIpc) is 2.95. The molecule has 132 valence electrons. The van der Waals surface area contributed by atoms with Gasteiger partial charge >= 0.3 is 0 Å². The van der Waals surface area contributed by atoms with Crippen LogP contribution in [0.4, 0.5) is 0 Å². The van der Waals surface area contributed by atoms with E-state index in [4.69, 9.17) is 11.6 Å². The Labute approximate surface area is 153 Å². The number of carbonyl (C=O) groups is 1. The molecule has 25 heavy (non-hydrogen) atoms. The summed E-state index contributed by atoms with van der Waals surface area (Å²) in [4.78, 5) is 16.9. The van der Waals surface area contributed by atoms with Crippen LogP contribution < -0.4 is 5.32 Å². The summed E-state index contributed by atoms with van der Waals surface area (Å²) in [7, 11) is 0. The second kappa shape index (κ2) is 6.49. The van der Waals surface area contributed by atoms with Crippen LogP contribution in [0.1, 0.15) is 48.4 Å². The maximum atomic E-state index is 12.5. The fraction of sp³-hybridized carbons (Fsp3) is 0.500. The highest BCUT2D eigenvalue weighted by molar-refractivity contribution is 6.30. The molecule has 5 heteroatoms. The third-order valence-corrected chi connectivity index (χ3v) is 6.32. The maximum absolute atomic E-state index is 12.5. The van der Waals surface area contributed by atoms with Gasteiger partial charge in [-0.1, -0.05) is 18.5 Å². The lowest BCUT2D eigenvalue weighted by molar-refractivity contribution is 0.0927. The van der Waals surface area contributed by atoms with Crippen molar-refractivity contribution in [1.82, 2.24) is 14.9 Å². The highest BCUT2D eigenvalue weighted by Crippen LogP contribution is 2.62. The average molecular weight is 358 g/mol. The highest BCUT2D eigenvalue weighted by Gasteiger charge is 2.59. The molecule has 0 radical (unpaired) electrons. The van der Waals surface area contributed by atoms with Crippen LogP contribution in [0, 0.1) is 24.7 Å². The number of fused-ring (bicyclic) bond motifs is 1. The van der Waals surface area contributed by atoms with E-state index in [1.165, 1.54) is 12.8 Å². The van der Waals surface area contributed by atoms with Gasteiger partial charge < -0.3 is 9.88 Å². The summed E-state index contributed by atoms with van der Waals surface area (Å²) in [5.74, 6) is 3.22. The predicted molar refractivity (Wildman–Crippen MR) is 98.7 cm³/mol. The van der Waals surface area contributed by atoms with Crippen molar-refractivity contribution >= 4 is 17.5 Å². The summed E-state index contributed by atoms with van der Waals surface area (Å²) in [6.07, 6.45) is 7.38. The van der Waals surface area contributed by atoms with E-state index in [-0.39, 0.29) is 11.9 Å². The fourth-order valence-electron chi connectivity index (χ4n) is 4.78. The van der Waals surface area contributed by atoms with E-state index < -0.39 is 0 Å². The van der Waals surface area contributed by atoms with Crippen molar-refractivity contribution in [3.05, 3.63) is 53.1 Å². The lowest BCUT2D eigenvalue weighted by Crippen LogP contribution is -2.37. The van der Waals surface area contributed by atoms with Crippen molar-refractivity contribution in [1.29, 1.82) is 0 Å². The van der Waals surface area contributed by atoms with Crippen molar-refractivity contribution in [3.8, 4) is 0 Å². The molecule has 2 saturated carbocycles. The summed E-state index contributed by atoms with van der Waals surface area (Å²) in [6, 6.07) is 7.95. The van der Waals surface area contributed by atoms with Crippen LogP contribution in [0.5, 0.6) is 0 Å². The zero-order chi connectivity index (χ0) is 17.6. The zero-order valence-electron chi connectivity index (χ0n) is 14.7. The van der Waals surface area contributed by atoms with Gasteiger partial charge in [-0.15, -0.1) is 0 Å². The van der Waals surface area contributed by atoms with Gasteiger partial charge in [0.05, 0.1) is 0 Å². The number of hydrogen-bond donors (Lipinski definition) is 1. The zero-order valence-corrected chi connectivity index (χ0v) is 15.4. The smallest absolute Gasteiger partial charge is 0.251 e. The van der Waals surface area contributed by atoms with Gasteiger partial charge in [0, 0.05) is 35.1 Å². The van der Waals surface area contributed by atoms with E-state index in [0.29, 0.717) is 22.5 Å². The Morgan fingerprint density at radius 1 is 1.32 bits per heavy atom. The summed E-state index contributed by atoms with van der Waals surface area (Å²) in [6.45, 7) is 4.24. The van der Waals surface area contributed by atoms with Crippen LogP contribution in [0.15, 0.2) is 36.7 Å². The number of carbonyl (C=O) groups excluding carboxylic acids is 1. The van der Waals surface area contributed by atoms with Crippen LogP contribution in [0.2, 0.25) is 5.02 Å². The molecule has 0 saturated heterocycles. The Hall–Kier alpha value is -1.81. The molecule has 4 rings (SSSR count). The quantitative estimate of drug-likeness (QED) is 0.869. The highest BCUT2D eigenvalue weighted by atomic mass is 35.5. The summed E-state index contributed by atoms with van der Waals surface area (Å²) in [5, 5.41) is 3.91. The fourth-order valence-corrected chi connectivity index (χ4v) is 4.91. The van der Waals surface area contributed by atoms with E-state index in [0.717, 1.165) is 24.1 Å². The van der Waals surface area contributed by atoms with E-state index in [1.54, 1.807) is 24.3 Å². The molecule has 4 nitrogen and oxygen atoms in total. The molecule has 1 amide bonds. The maximum Gasteiger partial charge on any atom is 0.251 e. The van der Waals surface area contributed by atoms with Gasteiger partial charge in [0.2, 0.25) is 0 Å². The number of rotatable bonds is 5. The summed E-state index contributed by atoms with van der Waals surface area (Å²) in [5.41, 5.74) is 0.681. The minimum absolute atomic E-state index is 0.00972. The molecular formula is C20H24ClN3O. The van der Waals surface area contributed by atoms with Crippen molar-refractivity contribution in [2.45, 2.75) is 45.2 Å². The van der Waals surface area contributed by atoms with E-state index in [9.17, 15) is 4.79 Å². The van der Waals surface area contributed by atoms with Crippen LogP contribution in [0.3, 0.4) is 0 Å². The molecule has 2 aliphatic carbocycles. The number of amides is 1. The third-order valence-electron chi connectivity index (χ3n) is 6.07. The van der Waals surface area contributed by atoms with Gasteiger partial charge in [-0.2, -0.15) is 0 Å². The number of benzene rings is 1. The Morgan fingerprint density at radius 2 is 2.00 bits per heavy atom. The van der Waals surface area contributed by atoms with Gasteiger partial charge in [0.25, 0.3) is 5.91 Å². The number of nitrogens with zero attached hydrogens (tertiary/aromatic N) is 2. The van der Waals surface area contributed by atoms with Crippen LogP contribution in [0.25, 0.3) is 0 Å². The van der Waals surface area contributed by atoms with Gasteiger partial charge in [-0.25, -0.2) is 4.98 Å². The molecule has 2 fully saturated rings. The molecular weight excluding hydrogens is 334 g/mol. The minimum Gasteiger partial charge on any atom is -0.349 e. The Balaban J connectivity index is 1.37. The normalized spacial score (nSPS) is 28.4. The lowest BCUT2D eigenvalue weighted by Gasteiger charge is -2.22. The van der Waals surface area contributed by atoms with Crippen molar-refractivity contribution in [2.75, 3.05) is 0 Å². The largest absolute Gasteiger partial charge is 0.349 e. The molecule has 1 unspecified atom stereocenters. The second-order valence-corrected chi connectivity index (χ2v) is 7.84. The summed E-state index contributed by atoms with van der Waals surface area (Å²) >= 11 is 5.90. The molecule has 2 aromatic rings. The van der Waals surface area contributed by atoms with E-state index >= 15 is 0 Å². The van der Waals surface area contributed by atoms with Crippen molar-refractivity contribution < 1.29 is 4.79 Å². The molecule has 0 bridgehead atoms. The number of imidazole rings is 1. The van der Waals surface area contributed by atoms with Crippen LogP contribution in [-0.2, 0) is 0 Å². The molecule has 1 aromatic carbocycles. The van der Waals surface area contributed by atoms with Gasteiger partial charge in [-0.05, 0) is 68.2 Å². The Bertz CT molecular complexity index is 758. The molecule has 1 N–H and O–H groups in total. The second-order valence-electron chi connectivity index (χ2n) is 7.41. The molecule has 2 aliphatic rings. The molecule has 1 heterocycles. The lowest BCUT2D eigenvalue weighted by atomic mass is 9.99. The molecule has 0 aliphatic heterocycles. The summed E-state index contributed by atoms with van der Waals surface area (Å²) < 4.78 is 2.32. The molecule has 0 spiro atoms. The number of aromatic nitrogens is 2. The number of hydrogen-bond acceptors (Lipinski definition) is 2. The first-order valence-electron chi connectivity index (χ1n) is 9.14. The van der Waals surface area contributed by atoms with E-state index in [1.807, 2.05) is 6.20 Å². The Kier molecular flexibility index (Phi) is 4.32. The predicted octanol–water partition coefficient (Wildman–Crippen LogP) is 4.25. The first-order valence-corrected chi connectivity index (χ1v) is 9.52. The van der Waals surface area contributed by atoms with Crippen LogP contribution >= 0.6 is 11.6 Å². The first kappa shape index (κ1) is 16.6. The van der Waals surface area contributed by atoms with Gasteiger partial charge in [0.1, 0.15) is 5.82 Å². The minimum atomic E-state index is 0.00972. The topological polar surface area (TPSA) is 46.9 Å². The SMILES string of the molecule is CCC(NC(=O)c1ccc(Cl)cc1)[C@H]1[C@@H]2C[C@@H](n3ccnc3C)C[C@@H]21. The number of halogens is 1. The van der Waals surface area contributed by atoms with Crippen molar-refractivity contribution in [3.63, 3.8) is 0 Å². The monoisotopic (exact) mass is 357 g/mol. The number of aryl methyl sites for hydroxylation is 1. The molecule has 5 atom stereocenters.